The molecule has 9 heteroatoms. The van der Waals surface area contributed by atoms with Gasteiger partial charge < -0.3 is 16.3 Å². The minimum atomic E-state index is -0.662. The number of rotatable bonds is 8. The smallest absolute Gasteiger partial charge is 0.337 e. The normalized spacial score (nSPS) is 13.7. The van der Waals surface area contributed by atoms with Crippen molar-refractivity contribution in [3.05, 3.63) is 41.6 Å². The Kier molecular flexibility index (Phi) is 6.38. The van der Waals surface area contributed by atoms with Crippen LogP contribution in [0.4, 0.5) is 0 Å². The van der Waals surface area contributed by atoms with Gasteiger partial charge in [0.15, 0.2) is 5.96 Å². The average molecular weight is 397 g/mol. The number of amides is 2. The number of carbonyl (C=O) groups excluding carboxylic acids is 3. The molecule has 29 heavy (non-hydrogen) atoms. The van der Waals surface area contributed by atoms with Crippen LogP contribution in [-0.2, 0) is 32.1 Å². The van der Waals surface area contributed by atoms with Gasteiger partial charge in [0.25, 0.3) is 11.8 Å². The van der Waals surface area contributed by atoms with Crippen LogP contribution in [0.2, 0.25) is 0 Å². The van der Waals surface area contributed by atoms with E-state index in [1.807, 2.05) is 12.3 Å². The van der Waals surface area contributed by atoms with Gasteiger partial charge in [-0.1, -0.05) is 12.1 Å². The molecule has 3 rings (SSSR count). The second kappa shape index (κ2) is 9.13. The number of aryl methyl sites for hydroxylation is 1. The molecule has 2 aromatic rings. The molecular formula is C20H23N5O4. The molecule has 9 nitrogen and oxygen atoms in total. The van der Waals surface area contributed by atoms with E-state index in [0.29, 0.717) is 17.2 Å². The zero-order chi connectivity index (χ0) is 20.8. The SMILES string of the molecule is NC(N)=NCCCCc1cnc2cc(CC(=O)ON3C(=O)CCC3=O)ccc2c1. The zero-order valence-electron chi connectivity index (χ0n) is 16.0. The molecule has 1 fully saturated rings. The quantitative estimate of drug-likeness (QED) is 0.293. The van der Waals surface area contributed by atoms with E-state index in [9.17, 15) is 14.4 Å². The van der Waals surface area contributed by atoms with Crippen LogP contribution in [0.15, 0.2) is 35.5 Å². The Morgan fingerprint density at radius 2 is 1.86 bits per heavy atom. The number of nitrogens with two attached hydrogens (primary N) is 2. The van der Waals surface area contributed by atoms with E-state index >= 15 is 0 Å². The first-order valence-corrected chi connectivity index (χ1v) is 9.42. The Bertz CT molecular complexity index is 952. The summed E-state index contributed by atoms with van der Waals surface area (Å²) in [5, 5.41) is 1.52. The maximum Gasteiger partial charge on any atom is 0.337 e. The molecule has 1 aromatic heterocycles. The molecule has 0 saturated carbocycles. The van der Waals surface area contributed by atoms with Gasteiger partial charge in [-0.15, -0.1) is 5.06 Å². The molecule has 2 amide bonds. The van der Waals surface area contributed by atoms with Crippen molar-refractivity contribution in [3.8, 4) is 0 Å². The highest BCUT2D eigenvalue weighted by Crippen LogP contribution is 2.18. The van der Waals surface area contributed by atoms with Crippen LogP contribution in [-0.4, -0.2) is 40.3 Å². The maximum absolute atomic E-state index is 12.0. The number of aromatic nitrogens is 1. The third kappa shape index (κ3) is 5.50. The molecule has 2 heterocycles. The minimum absolute atomic E-state index is 0.0543. The van der Waals surface area contributed by atoms with Crippen molar-refractivity contribution >= 4 is 34.6 Å². The molecule has 1 aliphatic rings. The summed E-state index contributed by atoms with van der Waals surface area (Å²) < 4.78 is 0. The number of imide groups is 1. The van der Waals surface area contributed by atoms with Crippen LogP contribution in [0.1, 0.15) is 36.8 Å². The fourth-order valence-corrected chi connectivity index (χ4v) is 3.07. The lowest BCUT2D eigenvalue weighted by Crippen LogP contribution is -2.32. The molecule has 0 bridgehead atoms. The lowest BCUT2D eigenvalue weighted by Gasteiger charge is -2.12. The number of benzene rings is 1. The van der Waals surface area contributed by atoms with E-state index in [1.54, 1.807) is 12.1 Å². The Labute approximate surface area is 167 Å². The third-order valence-electron chi connectivity index (χ3n) is 4.52. The Morgan fingerprint density at radius 3 is 2.59 bits per heavy atom. The largest absolute Gasteiger partial charge is 0.370 e. The fraction of sp³-hybridized carbons (Fsp3) is 0.350. The van der Waals surface area contributed by atoms with Gasteiger partial charge in [-0.2, -0.15) is 0 Å². The van der Waals surface area contributed by atoms with E-state index in [0.717, 1.165) is 35.7 Å². The predicted octanol–water partition coefficient (Wildman–Crippen LogP) is 0.981. The lowest BCUT2D eigenvalue weighted by molar-refractivity contribution is -0.197. The highest BCUT2D eigenvalue weighted by Gasteiger charge is 2.32. The van der Waals surface area contributed by atoms with Crippen molar-refractivity contribution in [2.45, 2.75) is 38.5 Å². The van der Waals surface area contributed by atoms with Crippen LogP contribution in [0, 0.1) is 0 Å². The van der Waals surface area contributed by atoms with E-state index in [2.05, 4.69) is 16.0 Å². The zero-order valence-corrected chi connectivity index (χ0v) is 16.0. The molecular weight excluding hydrogens is 374 g/mol. The second-order valence-corrected chi connectivity index (χ2v) is 6.86. The number of pyridine rings is 1. The van der Waals surface area contributed by atoms with Crippen LogP contribution in [0.3, 0.4) is 0 Å². The van der Waals surface area contributed by atoms with Gasteiger partial charge in [0.1, 0.15) is 0 Å². The van der Waals surface area contributed by atoms with Crippen molar-refractivity contribution in [2.24, 2.45) is 16.5 Å². The van der Waals surface area contributed by atoms with Gasteiger partial charge in [-0.3, -0.25) is 19.6 Å². The van der Waals surface area contributed by atoms with Gasteiger partial charge in [0, 0.05) is 31.0 Å². The topological polar surface area (TPSA) is 141 Å². The van der Waals surface area contributed by atoms with Crippen molar-refractivity contribution in [2.75, 3.05) is 6.54 Å². The summed E-state index contributed by atoms with van der Waals surface area (Å²) in [6, 6.07) is 7.56. The van der Waals surface area contributed by atoms with Crippen LogP contribution in [0.5, 0.6) is 0 Å². The first-order chi connectivity index (χ1) is 13.9. The Morgan fingerprint density at radius 1 is 1.10 bits per heavy atom. The number of hydrogen-bond acceptors (Lipinski definition) is 6. The van der Waals surface area contributed by atoms with E-state index in [-0.39, 0.29) is 25.2 Å². The number of nitrogens with zero attached hydrogens (tertiary/aromatic N) is 3. The van der Waals surface area contributed by atoms with Crippen LogP contribution in [0.25, 0.3) is 10.9 Å². The van der Waals surface area contributed by atoms with E-state index < -0.39 is 17.8 Å². The first kappa shape index (κ1) is 20.2. The van der Waals surface area contributed by atoms with E-state index in [4.69, 9.17) is 16.3 Å². The Hall–Kier alpha value is -3.49. The van der Waals surface area contributed by atoms with Crippen molar-refractivity contribution < 1.29 is 19.2 Å². The van der Waals surface area contributed by atoms with Crippen LogP contribution >= 0.6 is 0 Å². The van der Waals surface area contributed by atoms with Crippen LogP contribution < -0.4 is 11.5 Å². The predicted molar refractivity (Wildman–Crippen MR) is 106 cm³/mol. The number of unbranched alkanes of at least 4 members (excludes halogenated alkanes) is 1. The fourth-order valence-electron chi connectivity index (χ4n) is 3.07. The second-order valence-electron chi connectivity index (χ2n) is 6.86. The summed E-state index contributed by atoms with van der Waals surface area (Å²) in [5.41, 5.74) is 13.2. The average Bonchev–Trinajstić information content (AvgIpc) is 2.99. The highest BCUT2D eigenvalue weighted by molar-refractivity contribution is 6.01. The maximum atomic E-state index is 12.0. The molecule has 0 unspecified atom stereocenters. The van der Waals surface area contributed by atoms with Crippen molar-refractivity contribution in [1.82, 2.24) is 10.0 Å². The number of fused-ring (bicyclic) bond motifs is 1. The molecule has 0 aliphatic carbocycles. The lowest BCUT2D eigenvalue weighted by atomic mass is 10.0. The molecule has 0 radical (unpaired) electrons. The summed E-state index contributed by atoms with van der Waals surface area (Å²) >= 11 is 0. The van der Waals surface area contributed by atoms with Gasteiger partial charge in [-0.25, -0.2) is 4.79 Å². The van der Waals surface area contributed by atoms with Crippen molar-refractivity contribution in [1.29, 1.82) is 0 Å². The van der Waals surface area contributed by atoms with Gasteiger partial charge >= 0.3 is 5.97 Å². The summed E-state index contributed by atoms with van der Waals surface area (Å²) in [7, 11) is 0. The number of guanidine groups is 1. The molecule has 1 saturated heterocycles. The summed E-state index contributed by atoms with van der Waals surface area (Å²) in [4.78, 5) is 48.4. The Balaban J connectivity index is 1.57. The third-order valence-corrected chi connectivity index (χ3v) is 4.52. The molecule has 4 N–H and O–H groups in total. The molecule has 1 aliphatic heterocycles. The summed E-state index contributed by atoms with van der Waals surface area (Å²) in [6.45, 7) is 0.609. The molecule has 152 valence electrons. The van der Waals surface area contributed by atoms with Gasteiger partial charge in [0.05, 0.1) is 11.9 Å². The number of aliphatic imine (C=N–C) groups is 1. The summed E-state index contributed by atoms with van der Waals surface area (Å²) in [6.07, 6.45) is 4.61. The highest BCUT2D eigenvalue weighted by atomic mass is 16.7. The van der Waals surface area contributed by atoms with Gasteiger partial charge in [-0.05, 0) is 42.5 Å². The first-order valence-electron chi connectivity index (χ1n) is 9.42. The molecule has 1 aromatic carbocycles. The molecule has 0 spiro atoms. The standard InChI is InChI=1S/C20H23N5O4/c21-20(22)23-8-2-1-3-14-9-15-5-4-13(10-16(15)24-12-14)11-19(28)29-25-17(26)6-7-18(25)27/h4-5,9-10,12H,1-3,6-8,11H2,(H4,21,22,23). The van der Waals surface area contributed by atoms with Gasteiger partial charge in [0.2, 0.25) is 0 Å². The number of carbonyl (C=O) groups is 3. The monoisotopic (exact) mass is 397 g/mol. The number of hydroxylamine groups is 2. The minimum Gasteiger partial charge on any atom is -0.370 e. The number of hydrogen-bond donors (Lipinski definition) is 2. The van der Waals surface area contributed by atoms with Crippen molar-refractivity contribution in [3.63, 3.8) is 0 Å². The van der Waals surface area contributed by atoms with E-state index in [1.165, 1.54) is 0 Å². The summed E-state index contributed by atoms with van der Waals surface area (Å²) in [5.74, 6) is -1.54. The molecule has 0 atom stereocenters.